The minimum atomic E-state index is -0.619. The first-order chi connectivity index (χ1) is 13.5. The van der Waals surface area contributed by atoms with Crippen LogP contribution in [0.5, 0.6) is 5.75 Å². The average Bonchev–Trinajstić information content (AvgIpc) is 2.63. The molecule has 2 aromatic carbocycles. The number of carbonyl (C=O) groups is 3. The number of aryl methyl sites for hydroxylation is 2. The molecule has 29 heavy (non-hydrogen) atoms. The highest BCUT2D eigenvalue weighted by molar-refractivity contribution is 5.99. The maximum Gasteiger partial charge on any atom is 0.344 e. The molecule has 6 nitrogen and oxygen atoms in total. The summed E-state index contributed by atoms with van der Waals surface area (Å²) in [5, 5.41) is 2.79. The summed E-state index contributed by atoms with van der Waals surface area (Å²) in [6.07, 6.45) is 0. The molecule has 2 rings (SSSR count). The summed E-state index contributed by atoms with van der Waals surface area (Å²) >= 11 is 0. The van der Waals surface area contributed by atoms with Gasteiger partial charge < -0.3 is 14.8 Å². The van der Waals surface area contributed by atoms with Crippen molar-refractivity contribution < 1.29 is 23.9 Å². The Hall–Kier alpha value is -3.15. The topological polar surface area (TPSA) is 81.7 Å². The zero-order valence-electron chi connectivity index (χ0n) is 17.5. The third-order valence-corrected chi connectivity index (χ3v) is 4.06. The Labute approximate surface area is 171 Å². The summed E-state index contributed by atoms with van der Waals surface area (Å²) in [5.74, 6) is -0.488. The number of anilines is 1. The van der Waals surface area contributed by atoms with E-state index in [0.29, 0.717) is 17.0 Å². The second-order valence-corrected chi connectivity index (χ2v) is 7.98. The average molecular weight is 397 g/mol. The van der Waals surface area contributed by atoms with Crippen LogP contribution in [0.4, 0.5) is 5.69 Å². The summed E-state index contributed by atoms with van der Waals surface area (Å²) in [4.78, 5) is 36.0. The van der Waals surface area contributed by atoms with Gasteiger partial charge in [-0.2, -0.15) is 0 Å². The number of nitrogens with one attached hydrogen (secondary N) is 1. The fourth-order valence-corrected chi connectivity index (χ4v) is 2.49. The maximum atomic E-state index is 12.2. The Bertz CT molecular complexity index is 874. The monoisotopic (exact) mass is 397 g/mol. The summed E-state index contributed by atoms with van der Waals surface area (Å²) in [7, 11) is 0. The maximum absolute atomic E-state index is 12.2. The molecule has 0 saturated carbocycles. The number of amides is 1. The van der Waals surface area contributed by atoms with Crippen molar-refractivity contribution in [2.24, 2.45) is 5.41 Å². The molecule has 0 heterocycles. The first-order valence-corrected chi connectivity index (χ1v) is 9.36. The largest absolute Gasteiger partial charge is 0.482 e. The van der Waals surface area contributed by atoms with Crippen LogP contribution in [0.3, 0.4) is 0 Å². The zero-order valence-corrected chi connectivity index (χ0v) is 17.5. The highest BCUT2D eigenvalue weighted by Crippen LogP contribution is 2.18. The number of carbonyl (C=O) groups excluding carboxylic acids is 3. The van der Waals surface area contributed by atoms with Crippen molar-refractivity contribution in [3.8, 4) is 5.75 Å². The van der Waals surface area contributed by atoms with Gasteiger partial charge >= 0.3 is 5.97 Å². The van der Waals surface area contributed by atoms with E-state index in [4.69, 9.17) is 9.47 Å². The predicted molar refractivity (Wildman–Crippen MR) is 111 cm³/mol. The van der Waals surface area contributed by atoms with Gasteiger partial charge in [0.05, 0.1) is 0 Å². The number of ether oxygens (including phenoxy) is 2. The van der Waals surface area contributed by atoms with Gasteiger partial charge in [0.25, 0.3) is 0 Å². The van der Waals surface area contributed by atoms with Gasteiger partial charge in [0.2, 0.25) is 5.91 Å². The summed E-state index contributed by atoms with van der Waals surface area (Å²) in [5.41, 5.74) is 2.54. The Kier molecular flexibility index (Phi) is 7.15. The standard InChI is InChI=1S/C23H27NO5/c1-15-10-16(2)12-19(11-15)28-14-21(26)29-13-20(25)17-6-8-18(9-7-17)24-22(27)23(3,4)5/h6-12H,13-14H2,1-5H3,(H,24,27). The number of benzene rings is 2. The van der Waals surface area contributed by atoms with Gasteiger partial charge in [-0.15, -0.1) is 0 Å². The van der Waals surface area contributed by atoms with E-state index in [0.717, 1.165) is 11.1 Å². The molecular formula is C23H27NO5. The van der Waals surface area contributed by atoms with E-state index in [2.05, 4.69) is 5.32 Å². The van der Waals surface area contributed by atoms with Crippen LogP contribution in [0.25, 0.3) is 0 Å². The van der Waals surface area contributed by atoms with Crippen molar-refractivity contribution in [3.05, 3.63) is 59.2 Å². The van der Waals surface area contributed by atoms with Crippen molar-refractivity contribution in [2.75, 3.05) is 18.5 Å². The highest BCUT2D eigenvalue weighted by Gasteiger charge is 2.21. The lowest BCUT2D eigenvalue weighted by molar-refractivity contribution is -0.144. The van der Waals surface area contributed by atoms with Crippen LogP contribution in [0.1, 0.15) is 42.3 Å². The number of rotatable bonds is 7. The molecular weight excluding hydrogens is 370 g/mol. The molecule has 0 unspecified atom stereocenters. The number of ketones is 1. The van der Waals surface area contributed by atoms with Gasteiger partial charge in [-0.1, -0.05) is 26.8 Å². The molecule has 0 atom stereocenters. The van der Waals surface area contributed by atoms with Gasteiger partial charge in [-0.05, 0) is 61.4 Å². The molecule has 6 heteroatoms. The van der Waals surface area contributed by atoms with Crippen molar-refractivity contribution in [1.29, 1.82) is 0 Å². The number of hydrogen-bond donors (Lipinski definition) is 1. The van der Waals surface area contributed by atoms with Crippen LogP contribution in [-0.2, 0) is 14.3 Å². The van der Waals surface area contributed by atoms with E-state index in [1.165, 1.54) is 0 Å². The SMILES string of the molecule is Cc1cc(C)cc(OCC(=O)OCC(=O)c2ccc(NC(=O)C(C)(C)C)cc2)c1. The minimum absolute atomic E-state index is 0.116. The molecule has 154 valence electrons. The first-order valence-electron chi connectivity index (χ1n) is 9.36. The van der Waals surface area contributed by atoms with Crippen LogP contribution in [0.15, 0.2) is 42.5 Å². The van der Waals surface area contributed by atoms with E-state index in [9.17, 15) is 14.4 Å². The fourth-order valence-electron chi connectivity index (χ4n) is 2.49. The van der Waals surface area contributed by atoms with E-state index >= 15 is 0 Å². The van der Waals surface area contributed by atoms with E-state index < -0.39 is 11.4 Å². The predicted octanol–water partition coefficient (Wildman–Crippen LogP) is 4.09. The lowest BCUT2D eigenvalue weighted by Crippen LogP contribution is -2.27. The Morgan fingerprint density at radius 3 is 2.03 bits per heavy atom. The molecule has 0 aliphatic rings. The van der Waals surface area contributed by atoms with E-state index in [-0.39, 0.29) is 24.9 Å². The highest BCUT2D eigenvalue weighted by atomic mass is 16.6. The fraction of sp³-hybridized carbons (Fsp3) is 0.348. The zero-order chi connectivity index (χ0) is 21.6. The van der Waals surface area contributed by atoms with Crippen LogP contribution in [0.2, 0.25) is 0 Å². The lowest BCUT2D eigenvalue weighted by atomic mass is 9.95. The Morgan fingerprint density at radius 1 is 0.897 bits per heavy atom. The van der Waals surface area contributed by atoms with E-state index in [1.54, 1.807) is 24.3 Å². The van der Waals surface area contributed by atoms with Crippen LogP contribution in [0, 0.1) is 19.3 Å². The first kappa shape index (κ1) is 22.1. The van der Waals surface area contributed by atoms with Crippen LogP contribution in [-0.4, -0.2) is 30.9 Å². The van der Waals surface area contributed by atoms with Crippen molar-refractivity contribution >= 4 is 23.3 Å². The van der Waals surface area contributed by atoms with Crippen LogP contribution < -0.4 is 10.1 Å². The van der Waals surface area contributed by atoms with Gasteiger partial charge in [-0.3, -0.25) is 9.59 Å². The third kappa shape index (κ3) is 7.07. The smallest absolute Gasteiger partial charge is 0.344 e. The molecule has 0 radical (unpaired) electrons. The lowest BCUT2D eigenvalue weighted by Gasteiger charge is -2.17. The Morgan fingerprint density at radius 2 is 1.48 bits per heavy atom. The molecule has 1 amide bonds. The normalized spacial score (nSPS) is 10.9. The molecule has 0 saturated heterocycles. The second-order valence-electron chi connectivity index (χ2n) is 7.98. The third-order valence-electron chi connectivity index (χ3n) is 4.06. The number of Topliss-reactive ketones (excluding diaryl/α,β-unsaturated/α-hetero) is 1. The quantitative estimate of drug-likeness (QED) is 0.562. The molecule has 0 aromatic heterocycles. The number of esters is 1. The molecule has 0 spiro atoms. The second kappa shape index (κ2) is 9.37. The van der Waals surface area contributed by atoms with E-state index in [1.807, 2.05) is 52.8 Å². The molecule has 1 N–H and O–H groups in total. The summed E-state index contributed by atoms with van der Waals surface area (Å²) < 4.78 is 10.4. The summed E-state index contributed by atoms with van der Waals surface area (Å²) in [6.45, 7) is 8.69. The Balaban J connectivity index is 1.82. The molecule has 0 fully saturated rings. The van der Waals surface area contributed by atoms with Crippen LogP contribution >= 0.6 is 0 Å². The van der Waals surface area contributed by atoms with Gasteiger partial charge in [-0.25, -0.2) is 4.79 Å². The molecule has 2 aromatic rings. The van der Waals surface area contributed by atoms with Crippen molar-refractivity contribution in [3.63, 3.8) is 0 Å². The van der Waals surface area contributed by atoms with Crippen molar-refractivity contribution in [1.82, 2.24) is 0 Å². The molecule has 0 aliphatic heterocycles. The molecule has 0 bridgehead atoms. The minimum Gasteiger partial charge on any atom is -0.482 e. The molecule has 0 aliphatic carbocycles. The van der Waals surface area contributed by atoms with Crippen molar-refractivity contribution in [2.45, 2.75) is 34.6 Å². The van der Waals surface area contributed by atoms with Gasteiger partial charge in [0, 0.05) is 16.7 Å². The van der Waals surface area contributed by atoms with Gasteiger partial charge in [0.15, 0.2) is 19.0 Å². The van der Waals surface area contributed by atoms with Gasteiger partial charge in [0.1, 0.15) is 5.75 Å². The number of hydrogen-bond acceptors (Lipinski definition) is 5. The summed E-state index contributed by atoms with van der Waals surface area (Å²) in [6, 6.07) is 12.1.